The van der Waals surface area contributed by atoms with Crippen molar-refractivity contribution >= 4 is 29.1 Å². The topological polar surface area (TPSA) is 102 Å². The van der Waals surface area contributed by atoms with Gasteiger partial charge in [-0.3, -0.25) is 14.4 Å². The molecule has 0 radical (unpaired) electrons. The second kappa shape index (κ2) is 7.82. The minimum Gasteiger partial charge on any atom is -0.496 e. The predicted molar refractivity (Wildman–Crippen MR) is 112 cm³/mol. The van der Waals surface area contributed by atoms with E-state index in [4.69, 9.17) is 4.74 Å². The summed E-state index contributed by atoms with van der Waals surface area (Å²) < 4.78 is 6.93. The summed E-state index contributed by atoms with van der Waals surface area (Å²) in [7, 11) is 1.57. The molecule has 0 unspecified atom stereocenters. The van der Waals surface area contributed by atoms with Gasteiger partial charge in [0, 0.05) is 22.4 Å². The van der Waals surface area contributed by atoms with Crippen molar-refractivity contribution in [3.8, 4) is 16.9 Å². The number of nitrogens with one attached hydrogen (secondary N) is 2. The molecule has 30 heavy (non-hydrogen) atoms. The fourth-order valence-electron chi connectivity index (χ4n) is 3.45. The first-order valence-electron chi connectivity index (χ1n) is 9.40. The summed E-state index contributed by atoms with van der Waals surface area (Å²) in [6.07, 6.45) is 1.58. The highest BCUT2D eigenvalue weighted by Gasteiger charge is 2.33. The van der Waals surface area contributed by atoms with E-state index in [1.807, 2.05) is 24.3 Å². The molecule has 0 fully saturated rings. The van der Waals surface area contributed by atoms with Gasteiger partial charge >= 0.3 is 0 Å². The van der Waals surface area contributed by atoms with E-state index >= 15 is 0 Å². The summed E-state index contributed by atoms with van der Waals surface area (Å²) in [4.78, 5) is 36.7. The van der Waals surface area contributed by atoms with Crippen molar-refractivity contribution in [1.29, 1.82) is 0 Å². The van der Waals surface area contributed by atoms with Crippen molar-refractivity contribution in [1.82, 2.24) is 9.78 Å². The van der Waals surface area contributed by atoms with E-state index in [2.05, 4.69) is 15.7 Å². The van der Waals surface area contributed by atoms with Crippen molar-refractivity contribution in [3.05, 3.63) is 60.3 Å². The van der Waals surface area contributed by atoms with Crippen LogP contribution in [0.15, 0.2) is 54.7 Å². The third-order valence-electron chi connectivity index (χ3n) is 4.99. The summed E-state index contributed by atoms with van der Waals surface area (Å²) in [6, 6.07) is 13.2. The van der Waals surface area contributed by atoms with Gasteiger partial charge in [-0.15, -0.1) is 0 Å². The first kappa shape index (κ1) is 19.4. The molecule has 0 bridgehead atoms. The number of fused-ring (bicyclic) bond motifs is 1. The number of benzene rings is 2. The Labute approximate surface area is 172 Å². The maximum atomic E-state index is 12.9. The Hall–Kier alpha value is -3.94. The van der Waals surface area contributed by atoms with Crippen LogP contribution < -0.4 is 15.4 Å². The van der Waals surface area contributed by atoms with Gasteiger partial charge in [0.1, 0.15) is 17.6 Å². The molecule has 2 N–H and O–H groups in total. The number of rotatable bonds is 5. The van der Waals surface area contributed by atoms with Gasteiger partial charge in [-0.05, 0) is 37.3 Å². The number of nitrogens with zero attached hydrogens (tertiary/aromatic N) is 2. The quantitative estimate of drug-likeness (QED) is 0.636. The molecule has 0 saturated heterocycles. The van der Waals surface area contributed by atoms with Gasteiger partial charge in [-0.25, -0.2) is 4.68 Å². The van der Waals surface area contributed by atoms with Crippen LogP contribution in [0.1, 0.15) is 29.7 Å². The monoisotopic (exact) mass is 404 g/mol. The lowest BCUT2D eigenvalue weighted by Crippen LogP contribution is -2.35. The number of anilines is 2. The van der Waals surface area contributed by atoms with Crippen LogP contribution in [0.5, 0.6) is 5.75 Å². The number of Topliss-reactive ketones (excluding diaryl/α,β-unsaturated/α-hetero) is 1. The molecule has 2 aromatic carbocycles. The van der Waals surface area contributed by atoms with Crippen LogP contribution in [0.3, 0.4) is 0 Å². The summed E-state index contributed by atoms with van der Waals surface area (Å²) in [6.45, 7) is 1.48. The van der Waals surface area contributed by atoms with Crippen LogP contribution in [0.4, 0.5) is 11.5 Å². The molecule has 2 amide bonds. The highest BCUT2D eigenvalue weighted by atomic mass is 16.5. The molecule has 8 nitrogen and oxygen atoms in total. The molecule has 8 heteroatoms. The first-order chi connectivity index (χ1) is 14.5. The van der Waals surface area contributed by atoms with Gasteiger partial charge in [0.25, 0.3) is 0 Å². The summed E-state index contributed by atoms with van der Waals surface area (Å²) in [5.74, 6) is 0.395. The summed E-state index contributed by atoms with van der Waals surface area (Å²) in [5.41, 5.74) is 2.53. The highest BCUT2D eigenvalue weighted by molar-refractivity contribution is 6.03. The Kier molecular flexibility index (Phi) is 5.05. The normalized spacial score (nSPS) is 15.1. The molecule has 0 spiro atoms. The number of para-hydroxylation sites is 1. The Morgan fingerprint density at radius 2 is 1.87 bits per heavy atom. The fourth-order valence-corrected chi connectivity index (χ4v) is 3.45. The highest BCUT2D eigenvalue weighted by Crippen LogP contribution is 2.38. The van der Waals surface area contributed by atoms with Crippen molar-refractivity contribution in [2.45, 2.75) is 19.4 Å². The van der Waals surface area contributed by atoms with E-state index in [0.29, 0.717) is 28.4 Å². The van der Waals surface area contributed by atoms with Crippen LogP contribution >= 0.6 is 0 Å². The van der Waals surface area contributed by atoms with Gasteiger partial charge in [0.05, 0.1) is 19.7 Å². The maximum absolute atomic E-state index is 12.9. The first-order valence-corrected chi connectivity index (χ1v) is 9.40. The van der Waals surface area contributed by atoms with E-state index in [1.54, 1.807) is 37.6 Å². The zero-order valence-corrected chi connectivity index (χ0v) is 16.5. The maximum Gasteiger partial charge on any atom is 0.249 e. The Bertz CT molecular complexity index is 1130. The lowest BCUT2D eigenvalue weighted by molar-refractivity contribution is -0.125. The molecule has 2 heterocycles. The number of carbonyl (C=O) groups excluding carboxylic acids is 3. The van der Waals surface area contributed by atoms with Crippen LogP contribution in [0, 0.1) is 0 Å². The predicted octanol–water partition coefficient (Wildman–Crippen LogP) is 3.28. The second-order valence-corrected chi connectivity index (χ2v) is 6.94. The average Bonchev–Trinajstić information content (AvgIpc) is 3.16. The third-order valence-corrected chi connectivity index (χ3v) is 4.99. The number of hydrogen-bond acceptors (Lipinski definition) is 5. The van der Waals surface area contributed by atoms with Crippen LogP contribution in [-0.2, 0) is 9.59 Å². The van der Waals surface area contributed by atoms with E-state index in [-0.39, 0.29) is 24.0 Å². The molecular formula is C22H20N4O4. The molecule has 1 aromatic heterocycles. The third kappa shape index (κ3) is 3.55. The lowest BCUT2D eigenvalue weighted by Gasteiger charge is -2.24. The molecular weight excluding hydrogens is 384 g/mol. The van der Waals surface area contributed by atoms with Gasteiger partial charge in [-0.2, -0.15) is 5.10 Å². The van der Waals surface area contributed by atoms with Gasteiger partial charge in [0.2, 0.25) is 11.8 Å². The standard InChI is InChI=1S/C22H20N4O4/c1-13(27)14-7-9-15(10-8-14)24-22(29)18-11-20(28)25-21-17(12-23-26(18)21)16-5-3-4-6-19(16)30-2/h3-10,12,18H,11H2,1-2H3,(H,24,29)(H,25,28)/t18-/m1/s1. The van der Waals surface area contributed by atoms with E-state index < -0.39 is 6.04 Å². The Morgan fingerprint density at radius 1 is 1.13 bits per heavy atom. The summed E-state index contributed by atoms with van der Waals surface area (Å²) in [5, 5.41) is 9.98. The molecule has 152 valence electrons. The van der Waals surface area contributed by atoms with Crippen molar-refractivity contribution in [2.75, 3.05) is 17.7 Å². The fraction of sp³-hybridized carbons (Fsp3) is 0.182. The van der Waals surface area contributed by atoms with E-state index in [9.17, 15) is 14.4 Å². The smallest absolute Gasteiger partial charge is 0.249 e. The average molecular weight is 404 g/mol. The number of carbonyl (C=O) groups is 3. The van der Waals surface area contributed by atoms with E-state index in [0.717, 1.165) is 5.56 Å². The van der Waals surface area contributed by atoms with Crippen LogP contribution in [-0.4, -0.2) is 34.5 Å². The Balaban J connectivity index is 1.64. The van der Waals surface area contributed by atoms with Crippen LogP contribution in [0.25, 0.3) is 11.1 Å². The minimum absolute atomic E-state index is 0.0303. The molecule has 1 aliphatic heterocycles. The van der Waals surface area contributed by atoms with Gasteiger partial charge < -0.3 is 15.4 Å². The molecule has 3 aromatic rings. The number of amides is 2. The van der Waals surface area contributed by atoms with E-state index in [1.165, 1.54) is 11.6 Å². The number of aromatic nitrogens is 2. The van der Waals surface area contributed by atoms with Gasteiger partial charge in [-0.1, -0.05) is 18.2 Å². The SMILES string of the molecule is COc1ccccc1-c1cnn2c1NC(=O)C[C@@H]2C(=O)Nc1ccc(C(C)=O)cc1. The number of ether oxygens (including phenoxy) is 1. The second-order valence-electron chi connectivity index (χ2n) is 6.94. The Morgan fingerprint density at radius 3 is 2.57 bits per heavy atom. The van der Waals surface area contributed by atoms with Crippen molar-refractivity contribution in [3.63, 3.8) is 0 Å². The lowest BCUT2D eigenvalue weighted by atomic mass is 10.1. The molecule has 1 aliphatic rings. The number of methoxy groups -OCH3 is 1. The zero-order valence-electron chi connectivity index (χ0n) is 16.5. The summed E-state index contributed by atoms with van der Waals surface area (Å²) >= 11 is 0. The minimum atomic E-state index is -0.801. The van der Waals surface area contributed by atoms with Crippen LogP contribution in [0.2, 0.25) is 0 Å². The number of ketones is 1. The van der Waals surface area contributed by atoms with Crippen molar-refractivity contribution in [2.24, 2.45) is 0 Å². The largest absolute Gasteiger partial charge is 0.496 e. The molecule has 0 aliphatic carbocycles. The van der Waals surface area contributed by atoms with Gasteiger partial charge in [0.15, 0.2) is 5.78 Å². The number of hydrogen-bond donors (Lipinski definition) is 2. The molecule has 4 rings (SSSR count). The zero-order chi connectivity index (χ0) is 21.3. The molecule has 0 saturated carbocycles. The molecule has 1 atom stereocenters. The van der Waals surface area contributed by atoms with Crippen molar-refractivity contribution < 1.29 is 19.1 Å².